The van der Waals surface area contributed by atoms with Crippen LogP contribution in [0.2, 0.25) is 0 Å². The molecule has 20 heavy (non-hydrogen) atoms. The van der Waals surface area contributed by atoms with Crippen LogP contribution < -0.4 is 11.1 Å². The predicted molar refractivity (Wildman–Crippen MR) is 78.0 cm³/mol. The summed E-state index contributed by atoms with van der Waals surface area (Å²) in [5.41, 5.74) is 8.22. The van der Waals surface area contributed by atoms with Gasteiger partial charge < -0.3 is 15.8 Å². The highest BCUT2D eigenvalue weighted by molar-refractivity contribution is 5.98. The average molecular weight is 274 g/mol. The van der Waals surface area contributed by atoms with Gasteiger partial charge in [0.05, 0.1) is 35.4 Å². The van der Waals surface area contributed by atoms with Crippen LogP contribution in [0.1, 0.15) is 24.2 Å². The first-order valence-corrected chi connectivity index (χ1v) is 6.50. The molecule has 0 saturated heterocycles. The van der Waals surface area contributed by atoms with Gasteiger partial charge in [0.15, 0.2) is 0 Å². The van der Waals surface area contributed by atoms with Gasteiger partial charge in [-0.05, 0) is 26.0 Å². The highest BCUT2D eigenvalue weighted by Gasteiger charge is 2.13. The molecule has 0 saturated carbocycles. The number of anilines is 3. The largest absolute Gasteiger partial charge is 0.462 e. The first kappa shape index (κ1) is 13.9. The number of aromatic nitrogens is 2. The number of rotatable bonds is 5. The molecule has 0 aliphatic rings. The number of hydrogen-bond acceptors (Lipinski definition) is 5. The van der Waals surface area contributed by atoms with Gasteiger partial charge in [-0.3, -0.25) is 4.68 Å². The fraction of sp³-hybridized carbons (Fsp3) is 0.286. The Balaban J connectivity index is 2.24. The predicted octanol–water partition coefficient (Wildman–Crippen LogP) is 2.41. The lowest BCUT2D eigenvalue weighted by Gasteiger charge is -2.11. The number of nitrogens with one attached hydrogen (secondary N) is 1. The van der Waals surface area contributed by atoms with Crippen LogP contribution in [-0.2, 0) is 11.3 Å². The van der Waals surface area contributed by atoms with Crippen molar-refractivity contribution in [1.82, 2.24) is 9.78 Å². The molecule has 0 bridgehead atoms. The normalized spacial score (nSPS) is 10.3. The third kappa shape index (κ3) is 2.90. The molecule has 2 aromatic rings. The summed E-state index contributed by atoms with van der Waals surface area (Å²) in [5, 5.41) is 7.32. The van der Waals surface area contributed by atoms with E-state index in [2.05, 4.69) is 10.4 Å². The van der Waals surface area contributed by atoms with E-state index in [0.717, 1.165) is 12.2 Å². The van der Waals surface area contributed by atoms with E-state index in [0.29, 0.717) is 23.5 Å². The van der Waals surface area contributed by atoms with E-state index in [1.807, 2.05) is 13.1 Å². The summed E-state index contributed by atoms with van der Waals surface area (Å²) in [6.07, 6.45) is 3.58. The van der Waals surface area contributed by atoms with E-state index in [1.165, 1.54) is 0 Å². The Morgan fingerprint density at radius 2 is 2.25 bits per heavy atom. The number of carbonyl (C=O) groups excluding carboxylic acids is 1. The molecule has 0 spiro atoms. The van der Waals surface area contributed by atoms with Crippen molar-refractivity contribution in [2.75, 3.05) is 17.7 Å². The molecule has 0 atom stereocenters. The Labute approximate surface area is 117 Å². The Morgan fingerprint density at radius 1 is 1.45 bits per heavy atom. The summed E-state index contributed by atoms with van der Waals surface area (Å²) in [6, 6.07) is 5.21. The number of benzene rings is 1. The smallest absolute Gasteiger partial charge is 0.340 e. The van der Waals surface area contributed by atoms with Crippen LogP contribution in [0.5, 0.6) is 0 Å². The van der Waals surface area contributed by atoms with Crippen molar-refractivity contribution in [3.05, 3.63) is 36.2 Å². The second kappa shape index (κ2) is 6.10. The standard InChI is InChI=1S/C14H18N4O2/c1-3-18-9-10(8-16-18)17-12-7-5-6-11(13(12)15)14(19)20-4-2/h5-9,17H,3-4,15H2,1-2H3. The number of ether oxygens (including phenoxy) is 1. The van der Waals surface area contributed by atoms with Crippen LogP contribution in [0, 0.1) is 0 Å². The van der Waals surface area contributed by atoms with Crippen LogP contribution in [0.25, 0.3) is 0 Å². The summed E-state index contributed by atoms with van der Waals surface area (Å²) in [7, 11) is 0. The highest BCUT2D eigenvalue weighted by Crippen LogP contribution is 2.26. The minimum atomic E-state index is -0.419. The summed E-state index contributed by atoms with van der Waals surface area (Å²) in [6.45, 7) is 4.88. The summed E-state index contributed by atoms with van der Waals surface area (Å²) in [4.78, 5) is 11.8. The monoisotopic (exact) mass is 274 g/mol. The summed E-state index contributed by atoms with van der Waals surface area (Å²) < 4.78 is 6.77. The zero-order chi connectivity index (χ0) is 14.5. The van der Waals surface area contributed by atoms with Gasteiger partial charge >= 0.3 is 5.97 Å². The minimum absolute atomic E-state index is 0.319. The molecule has 0 radical (unpaired) electrons. The molecule has 1 aromatic carbocycles. The van der Waals surface area contributed by atoms with Gasteiger partial charge in [-0.2, -0.15) is 5.10 Å². The maximum Gasteiger partial charge on any atom is 0.340 e. The van der Waals surface area contributed by atoms with E-state index >= 15 is 0 Å². The molecule has 6 nitrogen and oxygen atoms in total. The first-order valence-electron chi connectivity index (χ1n) is 6.50. The van der Waals surface area contributed by atoms with Crippen molar-refractivity contribution in [3.8, 4) is 0 Å². The van der Waals surface area contributed by atoms with Crippen molar-refractivity contribution >= 4 is 23.0 Å². The molecule has 1 aromatic heterocycles. The van der Waals surface area contributed by atoms with Crippen molar-refractivity contribution in [1.29, 1.82) is 0 Å². The molecule has 0 aliphatic carbocycles. The molecular formula is C14H18N4O2. The summed E-state index contributed by atoms with van der Waals surface area (Å²) >= 11 is 0. The number of esters is 1. The number of nitrogen functional groups attached to an aromatic ring is 1. The van der Waals surface area contributed by atoms with Gasteiger partial charge in [0, 0.05) is 12.7 Å². The van der Waals surface area contributed by atoms with Gasteiger partial charge in [-0.25, -0.2) is 4.79 Å². The van der Waals surface area contributed by atoms with E-state index in [-0.39, 0.29) is 0 Å². The fourth-order valence-corrected chi connectivity index (χ4v) is 1.82. The van der Waals surface area contributed by atoms with Gasteiger partial charge in [-0.1, -0.05) is 6.07 Å². The molecule has 3 N–H and O–H groups in total. The second-order valence-corrected chi connectivity index (χ2v) is 4.20. The van der Waals surface area contributed by atoms with Gasteiger partial charge in [-0.15, -0.1) is 0 Å². The van der Waals surface area contributed by atoms with Crippen LogP contribution in [-0.4, -0.2) is 22.4 Å². The van der Waals surface area contributed by atoms with E-state index in [1.54, 1.807) is 36.0 Å². The quantitative estimate of drug-likeness (QED) is 0.646. The molecule has 1 heterocycles. The Kier molecular flexibility index (Phi) is 4.24. The zero-order valence-corrected chi connectivity index (χ0v) is 11.6. The van der Waals surface area contributed by atoms with Crippen LogP contribution >= 0.6 is 0 Å². The van der Waals surface area contributed by atoms with Crippen molar-refractivity contribution in [3.63, 3.8) is 0 Å². The number of carbonyl (C=O) groups is 1. The lowest BCUT2D eigenvalue weighted by molar-refractivity contribution is 0.0527. The van der Waals surface area contributed by atoms with Gasteiger partial charge in [0.25, 0.3) is 0 Å². The van der Waals surface area contributed by atoms with Crippen LogP contribution in [0.15, 0.2) is 30.6 Å². The molecule has 2 rings (SSSR count). The number of nitrogens with zero attached hydrogens (tertiary/aromatic N) is 2. The fourth-order valence-electron chi connectivity index (χ4n) is 1.82. The number of para-hydroxylation sites is 1. The highest BCUT2D eigenvalue weighted by atomic mass is 16.5. The molecule has 0 fully saturated rings. The van der Waals surface area contributed by atoms with E-state index in [4.69, 9.17) is 10.5 Å². The first-order chi connectivity index (χ1) is 9.65. The van der Waals surface area contributed by atoms with Crippen molar-refractivity contribution in [2.45, 2.75) is 20.4 Å². The molecule has 6 heteroatoms. The second-order valence-electron chi connectivity index (χ2n) is 4.20. The van der Waals surface area contributed by atoms with E-state index in [9.17, 15) is 4.79 Å². The molecule has 106 valence electrons. The Morgan fingerprint density at radius 3 is 2.90 bits per heavy atom. The molecule has 0 unspecified atom stereocenters. The maximum atomic E-state index is 11.8. The number of aryl methyl sites for hydroxylation is 1. The van der Waals surface area contributed by atoms with Crippen LogP contribution in [0.3, 0.4) is 0 Å². The van der Waals surface area contributed by atoms with Crippen molar-refractivity contribution < 1.29 is 9.53 Å². The molecule has 0 aliphatic heterocycles. The number of nitrogens with two attached hydrogens (primary N) is 1. The lowest BCUT2D eigenvalue weighted by atomic mass is 10.1. The SMILES string of the molecule is CCOC(=O)c1cccc(Nc2cnn(CC)c2)c1N. The molecular weight excluding hydrogens is 256 g/mol. The average Bonchev–Trinajstić information content (AvgIpc) is 2.89. The van der Waals surface area contributed by atoms with Gasteiger partial charge in [0.2, 0.25) is 0 Å². The number of hydrogen-bond donors (Lipinski definition) is 2. The lowest BCUT2D eigenvalue weighted by Crippen LogP contribution is -2.09. The third-order valence-corrected chi connectivity index (χ3v) is 2.84. The van der Waals surface area contributed by atoms with Gasteiger partial charge in [0.1, 0.15) is 0 Å². The Bertz CT molecular complexity index is 607. The summed E-state index contributed by atoms with van der Waals surface area (Å²) in [5.74, 6) is -0.419. The zero-order valence-electron chi connectivity index (χ0n) is 11.6. The minimum Gasteiger partial charge on any atom is -0.462 e. The topological polar surface area (TPSA) is 82.2 Å². The Hall–Kier alpha value is -2.50. The third-order valence-electron chi connectivity index (χ3n) is 2.84. The van der Waals surface area contributed by atoms with Crippen molar-refractivity contribution in [2.24, 2.45) is 0 Å². The maximum absolute atomic E-state index is 11.8. The molecule has 0 amide bonds. The van der Waals surface area contributed by atoms with Crippen LogP contribution in [0.4, 0.5) is 17.1 Å². The van der Waals surface area contributed by atoms with E-state index < -0.39 is 5.97 Å².